The number of ether oxygens (including phenoxy) is 1. The monoisotopic (exact) mass is 279 g/mol. The van der Waals surface area contributed by atoms with Gasteiger partial charge in [-0.2, -0.15) is 0 Å². The fraction of sp³-hybridized carbons (Fsp3) is 0.812. The molecule has 2 atom stereocenters. The number of imidazole rings is 1. The van der Waals surface area contributed by atoms with Gasteiger partial charge in [-0.05, 0) is 39.2 Å². The van der Waals surface area contributed by atoms with Crippen molar-refractivity contribution in [1.82, 2.24) is 14.9 Å². The van der Waals surface area contributed by atoms with Gasteiger partial charge in [0.1, 0.15) is 6.10 Å². The molecule has 0 aliphatic carbocycles. The van der Waals surface area contributed by atoms with Gasteiger partial charge in [-0.25, -0.2) is 4.98 Å². The number of hydrogen-bond donors (Lipinski definition) is 1. The second-order valence-corrected chi connectivity index (χ2v) is 6.57. The predicted octanol–water partition coefficient (Wildman–Crippen LogP) is 3.18. The number of aromatic nitrogens is 2. The lowest BCUT2D eigenvalue weighted by Crippen LogP contribution is -2.34. The minimum atomic E-state index is 0.188. The van der Waals surface area contributed by atoms with Crippen LogP contribution in [-0.4, -0.2) is 29.2 Å². The smallest absolute Gasteiger partial charge is 0.103 e. The molecule has 0 amide bonds. The number of nitrogens with one attached hydrogen (secondary N) is 1. The zero-order valence-corrected chi connectivity index (χ0v) is 13.3. The lowest BCUT2D eigenvalue weighted by atomic mass is 9.92. The number of hydrogen-bond acceptors (Lipinski definition) is 3. The maximum atomic E-state index is 6.08. The Morgan fingerprint density at radius 3 is 2.90 bits per heavy atom. The van der Waals surface area contributed by atoms with Crippen LogP contribution in [0, 0.1) is 11.8 Å². The van der Waals surface area contributed by atoms with Gasteiger partial charge in [0.15, 0.2) is 0 Å². The lowest BCUT2D eigenvalue weighted by Gasteiger charge is -2.33. The summed E-state index contributed by atoms with van der Waals surface area (Å²) in [5.41, 5.74) is 1.23. The summed E-state index contributed by atoms with van der Waals surface area (Å²) < 4.78 is 8.32. The molecule has 0 radical (unpaired) electrons. The van der Waals surface area contributed by atoms with Crippen LogP contribution in [0.4, 0.5) is 0 Å². The fourth-order valence-electron chi connectivity index (χ4n) is 2.90. The van der Waals surface area contributed by atoms with Crippen LogP contribution in [0.2, 0.25) is 0 Å². The summed E-state index contributed by atoms with van der Waals surface area (Å²) >= 11 is 0. The Bertz CT molecular complexity index is 400. The molecule has 1 N–H and O–H groups in total. The molecule has 2 rings (SSSR count). The molecule has 1 aromatic rings. The summed E-state index contributed by atoms with van der Waals surface area (Å²) in [5.74, 6) is 1.25. The normalized spacial score (nSPS) is 23.7. The van der Waals surface area contributed by atoms with E-state index in [1.165, 1.54) is 18.5 Å². The Labute approximate surface area is 122 Å². The molecule has 0 bridgehead atoms. The van der Waals surface area contributed by atoms with Gasteiger partial charge < -0.3 is 14.6 Å². The molecule has 4 heteroatoms. The summed E-state index contributed by atoms with van der Waals surface area (Å²) in [4.78, 5) is 4.32. The van der Waals surface area contributed by atoms with Crippen molar-refractivity contribution in [3.05, 3.63) is 18.2 Å². The van der Waals surface area contributed by atoms with E-state index in [-0.39, 0.29) is 6.10 Å². The number of nitrogens with zero attached hydrogens (tertiary/aromatic N) is 2. The average molecular weight is 279 g/mol. The topological polar surface area (TPSA) is 39.1 Å². The highest BCUT2D eigenvalue weighted by atomic mass is 16.5. The molecule has 1 fully saturated rings. The molecule has 0 saturated carbocycles. The maximum absolute atomic E-state index is 6.08. The van der Waals surface area contributed by atoms with Gasteiger partial charge >= 0.3 is 0 Å². The minimum absolute atomic E-state index is 0.188. The van der Waals surface area contributed by atoms with Gasteiger partial charge in [0.25, 0.3) is 0 Å². The van der Waals surface area contributed by atoms with Crippen LogP contribution in [0.5, 0.6) is 0 Å². The van der Waals surface area contributed by atoms with Gasteiger partial charge in [0.2, 0.25) is 0 Å². The Morgan fingerprint density at radius 1 is 1.40 bits per heavy atom. The highest BCUT2D eigenvalue weighted by Crippen LogP contribution is 2.34. The maximum Gasteiger partial charge on any atom is 0.103 e. The first-order valence-corrected chi connectivity index (χ1v) is 7.93. The highest BCUT2D eigenvalue weighted by molar-refractivity contribution is 5.07. The molecule has 20 heavy (non-hydrogen) atoms. The Hall–Kier alpha value is -0.870. The van der Waals surface area contributed by atoms with Crippen molar-refractivity contribution in [2.45, 2.75) is 52.7 Å². The van der Waals surface area contributed by atoms with Crippen molar-refractivity contribution in [3.63, 3.8) is 0 Å². The van der Waals surface area contributed by atoms with Crippen LogP contribution in [-0.2, 0) is 4.74 Å². The van der Waals surface area contributed by atoms with E-state index in [4.69, 9.17) is 4.74 Å². The fourth-order valence-corrected chi connectivity index (χ4v) is 2.90. The third kappa shape index (κ3) is 3.83. The van der Waals surface area contributed by atoms with E-state index in [0.717, 1.165) is 19.7 Å². The summed E-state index contributed by atoms with van der Waals surface area (Å²) in [6.45, 7) is 11.9. The molecule has 114 valence electrons. The van der Waals surface area contributed by atoms with E-state index in [2.05, 4.69) is 42.6 Å². The third-order valence-electron chi connectivity index (χ3n) is 3.95. The zero-order valence-electron chi connectivity index (χ0n) is 13.3. The van der Waals surface area contributed by atoms with Gasteiger partial charge in [-0.15, -0.1) is 0 Å². The van der Waals surface area contributed by atoms with Crippen molar-refractivity contribution in [2.24, 2.45) is 11.8 Å². The third-order valence-corrected chi connectivity index (χ3v) is 3.95. The van der Waals surface area contributed by atoms with E-state index in [1.54, 1.807) is 0 Å². The predicted molar refractivity (Wildman–Crippen MR) is 81.7 cm³/mol. The van der Waals surface area contributed by atoms with E-state index in [9.17, 15) is 0 Å². The van der Waals surface area contributed by atoms with Gasteiger partial charge in [0.05, 0.1) is 18.2 Å². The minimum Gasteiger partial charge on any atom is -0.372 e. The first-order valence-electron chi connectivity index (χ1n) is 7.93. The van der Waals surface area contributed by atoms with Crippen LogP contribution >= 0.6 is 0 Å². The molecule has 0 aromatic carbocycles. The molecule has 1 aliphatic heterocycles. The van der Waals surface area contributed by atoms with Crippen molar-refractivity contribution in [3.8, 4) is 0 Å². The van der Waals surface area contributed by atoms with Gasteiger partial charge in [0, 0.05) is 25.1 Å². The van der Waals surface area contributed by atoms with Gasteiger partial charge in [-0.1, -0.05) is 13.8 Å². The van der Waals surface area contributed by atoms with Crippen molar-refractivity contribution >= 4 is 0 Å². The van der Waals surface area contributed by atoms with E-state index in [1.807, 2.05) is 12.5 Å². The molecule has 1 aliphatic rings. The molecule has 2 unspecified atom stereocenters. The Morgan fingerprint density at radius 2 is 2.20 bits per heavy atom. The molecule has 1 saturated heterocycles. The number of rotatable bonds is 6. The van der Waals surface area contributed by atoms with Crippen molar-refractivity contribution in [1.29, 1.82) is 0 Å². The first kappa shape index (κ1) is 15.5. The van der Waals surface area contributed by atoms with Crippen LogP contribution < -0.4 is 5.32 Å². The molecule has 1 aromatic heterocycles. The van der Waals surface area contributed by atoms with Crippen molar-refractivity contribution < 1.29 is 4.74 Å². The largest absolute Gasteiger partial charge is 0.372 e. The van der Waals surface area contributed by atoms with Crippen LogP contribution in [0.1, 0.15) is 58.4 Å². The average Bonchev–Trinajstić information content (AvgIpc) is 2.88. The first-order chi connectivity index (χ1) is 9.59. The zero-order chi connectivity index (χ0) is 14.5. The van der Waals surface area contributed by atoms with E-state index in [0.29, 0.717) is 17.9 Å². The van der Waals surface area contributed by atoms with Crippen LogP contribution in [0.25, 0.3) is 0 Å². The molecule has 2 heterocycles. The Kier molecular flexibility index (Phi) is 5.61. The SMILES string of the molecule is CC(C)CNCC1CCCOC1c1cncn1C(C)C. The summed E-state index contributed by atoms with van der Waals surface area (Å²) in [5, 5.41) is 3.59. The summed E-state index contributed by atoms with van der Waals surface area (Å²) in [7, 11) is 0. The van der Waals surface area contributed by atoms with Crippen LogP contribution in [0.3, 0.4) is 0 Å². The highest BCUT2D eigenvalue weighted by Gasteiger charge is 2.30. The van der Waals surface area contributed by atoms with Crippen LogP contribution in [0.15, 0.2) is 12.5 Å². The molecular weight excluding hydrogens is 250 g/mol. The molecular formula is C16H29N3O. The Balaban J connectivity index is 2.04. The quantitative estimate of drug-likeness (QED) is 0.869. The van der Waals surface area contributed by atoms with Crippen molar-refractivity contribution in [2.75, 3.05) is 19.7 Å². The molecule has 4 nitrogen and oxygen atoms in total. The molecule has 0 spiro atoms. The lowest BCUT2D eigenvalue weighted by molar-refractivity contribution is -0.0327. The van der Waals surface area contributed by atoms with E-state index < -0.39 is 0 Å². The summed E-state index contributed by atoms with van der Waals surface area (Å²) in [6, 6.07) is 0.433. The summed E-state index contributed by atoms with van der Waals surface area (Å²) in [6.07, 6.45) is 6.50. The second-order valence-electron chi connectivity index (χ2n) is 6.57. The van der Waals surface area contributed by atoms with Gasteiger partial charge in [-0.3, -0.25) is 0 Å². The van der Waals surface area contributed by atoms with E-state index >= 15 is 0 Å². The second kappa shape index (κ2) is 7.23. The standard InChI is InChI=1S/C16H29N3O/c1-12(2)8-17-9-14-6-5-7-20-16(14)15-10-18-11-19(15)13(3)4/h10-14,16-17H,5-9H2,1-4H3.